The van der Waals surface area contributed by atoms with Gasteiger partial charge in [0.1, 0.15) is 0 Å². The van der Waals surface area contributed by atoms with Gasteiger partial charge in [0.25, 0.3) is 0 Å². The van der Waals surface area contributed by atoms with Crippen LogP contribution in [-0.2, 0) is 0 Å². The van der Waals surface area contributed by atoms with Gasteiger partial charge in [0.2, 0.25) is 0 Å². The third-order valence-electron chi connectivity index (χ3n) is 9.11. The molecule has 0 saturated carbocycles. The van der Waals surface area contributed by atoms with Gasteiger partial charge in [0, 0.05) is 40.6 Å². The minimum absolute atomic E-state index is 0.827. The molecule has 0 saturated heterocycles. The molecule has 0 N–H and O–H groups in total. The Kier molecular flexibility index (Phi) is 7.10. The van der Waals surface area contributed by atoms with Gasteiger partial charge >= 0.3 is 0 Å². The van der Waals surface area contributed by atoms with E-state index in [1.165, 1.54) is 5.39 Å². The van der Waals surface area contributed by atoms with Crippen molar-refractivity contribution in [1.82, 2.24) is 19.5 Å². The van der Waals surface area contributed by atoms with Crippen molar-refractivity contribution in [2.75, 3.05) is 0 Å². The molecule has 4 aromatic heterocycles. The van der Waals surface area contributed by atoms with Crippen LogP contribution in [0, 0.1) is 0 Å². The molecular weight excluding hydrogens is 597 g/mol. The van der Waals surface area contributed by atoms with E-state index in [1.54, 1.807) is 0 Å². The zero-order valence-electron chi connectivity index (χ0n) is 26.6. The maximum Gasteiger partial charge on any atom is 0.0899 e. The van der Waals surface area contributed by atoms with Gasteiger partial charge in [-0.1, -0.05) is 97.1 Å². The average molecular weight is 627 g/mol. The fourth-order valence-corrected chi connectivity index (χ4v) is 6.78. The van der Waals surface area contributed by atoms with Gasteiger partial charge in [-0.3, -0.25) is 9.97 Å². The van der Waals surface area contributed by atoms with Crippen molar-refractivity contribution in [2.45, 2.75) is 0 Å². The van der Waals surface area contributed by atoms with Crippen LogP contribution < -0.4 is 0 Å². The Morgan fingerprint density at radius 3 is 1.76 bits per heavy atom. The van der Waals surface area contributed by atoms with Gasteiger partial charge in [-0.15, -0.1) is 0 Å². The number of rotatable bonds is 6. The highest BCUT2D eigenvalue weighted by Crippen LogP contribution is 2.37. The van der Waals surface area contributed by atoms with Crippen LogP contribution >= 0.6 is 0 Å². The normalized spacial score (nSPS) is 11.3. The number of fused-ring (bicyclic) bond motifs is 3. The minimum atomic E-state index is 0.827. The van der Waals surface area contributed by atoms with Crippen molar-refractivity contribution in [2.24, 2.45) is 0 Å². The lowest BCUT2D eigenvalue weighted by Gasteiger charge is -2.14. The van der Waals surface area contributed by atoms with E-state index in [0.29, 0.717) is 0 Å². The molecule has 49 heavy (non-hydrogen) atoms. The Balaban J connectivity index is 1.25. The number of nitrogens with zero attached hydrogens (tertiary/aromatic N) is 4. The van der Waals surface area contributed by atoms with Crippen LogP contribution in [0.1, 0.15) is 0 Å². The van der Waals surface area contributed by atoms with Crippen LogP contribution in [0.5, 0.6) is 0 Å². The predicted molar refractivity (Wildman–Crippen MR) is 201 cm³/mol. The molecule has 0 aliphatic carbocycles. The molecule has 9 rings (SSSR count). The highest BCUT2D eigenvalue weighted by atomic mass is 15.0. The Morgan fingerprint density at radius 2 is 1.00 bits per heavy atom. The maximum absolute atomic E-state index is 5.25. The summed E-state index contributed by atoms with van der Waals surface area (Å²) < 4.78 is 2.33. The zero-order valence-corrected chi connectivity index (χ0v) is 26.6. The van der Waals surface area contributed by atoms with Crippen LogP contribution in [0.4, 0.5) is 0 Å². The fourth-order valence-electron chi connectivity index (χ4n) is 6.78. The summed E-state index contributed by atoms with van der Waals surface area (Å²) in [7, 11) is 0. The van der Waals surface area contributed by atoms with Gasteiger partial charge in [-0.2, -0.15) is 0 Å². The molecule has 0 radical (unpaired) electrons. The van der Waals surface area contributed by atoms with E-state index in [2.05, 4.69) is 155 Å². The van der Waals surface area contributed by atoms with E-state index in [4.69, 9.17) is 9.97 Å². The second kappa shape index (κ2) is 12.2. The summed E-state index contributed by atoms with van der Waals surface area (Å²) in [6.45, 7) is 0. The molecule has 5 aromatic carbocycles. The molecule has 9 aromatic rings. The second-order valence-electron chi connectivity index (χ2n) is 12.2. The van der Waals surface area contributed by atoms with E-state index >= 15 is 0 Å². The first-order valence-electron chi connectivity index (χ1n) is 16.4. The number of benzene rings is 5. The Labute approximate surface area is 284 Å². The van der Waals surface area contributed by atoms with Crippen LogP contribution in [-0.4, -0.2) is 19.5 Å². The molecule has 0 aliphatic heterocycles. The first kappa shape index (κ1) is 28.6. The topological polar surface area (TPSA) is 43.6 Å². The summed E-state index contributed by atoms with van der Waals surface area (Å²) in [6.07, 6.45) is 5.65. The smallest absolute Gasteiger partial charge is 0.0899 e. The fraction of sp³-hybridized carbons (Fsp3) is 0. The maximum atomic E-state index is 5.25. The Hall–Kier alpha value is -6.65. The van der Waals surface area contributed by atoms with Crippen molar-refractivity contribution in [3.63, 3.8) is 0 Å². The predicted octanol–water partition coefficient (Wildman–Crippen LogP) is 11.3. The Morgan fingerprint density at radius 1 is 0.367 bits per heavy atom. The van der Waals surface area contributed by atoms with Crippen LogP contribution in [0.25, 0.3) is 83.5 Å². The lowest BCUT2D eigenvalue weighted by molar-refractivity contribution is 1.17. The number of para-hydroxylation sites is 1. The number of pyridine rings is 3. The highest BCUT2D eigenvalue weighted by molar-refractivity contribution is 6.08. The van der Waals surface area contributed by atoms with Crippen LogP contribution in [0.15, 0.2) is 182 Å². The van der Waals surface area contributed by atoms with Crippen LogP contribution in [0.3, 0.4) is 0 Å². The lowest BCUT2D eigenvalue weighted by Crippen LogP contribution is -1.96. The second-order valence-corrected chi connectivity index (χ2v) is 12.2. The zero-order chi connectivity index (χ0) is 32.6. The molecule has 0 amide bonds. The van der Waals surface area contributed by atoms with E-state index in [1.807, 2.05) is 36.8 Å². The average Bonchev–Trinajstić information content (AvgIpc) is 3.53. The van der Waals surface area contributed by atoms with Crippen molar-refractivity contribution in [3.05, 3.63) is 182 Å². The van der Waals surface area contributed by atoms with Gasteiger partial charge in [-0.25, -0.2) is 4.98 Å². The standard InChI is InChI=1S/C45H30N4/c1-3-12-31(13-4-1)34-24-35(32-14-5-2-6-15-32)26-37(25-34)42-28-36(29-43(48-42)41-19-9-10-22-47-41)33-16-11-17-38(27-33)49-44-20-8-7-18-39(44)40-30-46-23-21-45(40)49/h1-30H. The van der Waals surface area contributed by atoms with E-state index in [0.717, 1.165) is 78.1 Å². The summed E-state index contributed by atoms with van der Waals surface area (Å²) in [5.41, 5.74) is 13.7. The van der Waals surface area contributed by atoms with Gasteiger partial charge in [0.15, 0.2) is 0 Å². The van der Waals surface area contributed by atoms with Crippen molar-refractivity contribution in [1.29, 1.82) is 0 Å². The monoisotopic (exact) mass is 626 g/mol. The SMILES string of the molecule is c1ccc(-c2cc(-c3ccccc3)cc(-c3cc(-c4cccc(-n5c6ccccc6c6cnccc65)c4)cc(-c4ccccn4)n3)c2)cc1. The molecule has 0 aliphatic rings. The molecule has 0 atom stereocenters. The van der Waals surface area contributed by atoms with Gasteiger partial charge in [0.05, 0.1) is 28.1 Å². The third-order valence-corrected chi connectivity index (χ3v) is 9.11. The number of aromatic nitrogens is 4. The molecular formula is C45H30N4. The van der Waals surface area contributed by atoms with Crippen molar-refractivity contribution < 1.29 is 0 Å². The molecule has 0 bridgehead atoms. The molecule has 4 heterocycles. The molecule has 4 heteroatoms. The first-order valence-corrected chi connectivity index (χ1v) is 16.4. The molecule has 4 nitrogen and oxygen atoms in total. The molecule has 0 unspecified atom stereocenters. The summed E-state index contributed by atoms with van der Waals surface area (Å²) in [5.74, 6) is 0. The Bertz CT molecular complexity index is 2480. The lowest BCUT2D eigenvalue weighted by atomic mass is 9.94. The molecule has 0 fully saturated rings. The third kappa shape index (κ3) is 5.35. The van der Waals surface area contributed by atoms with E-state index < -0.39 is 0 Å². The largest absolute Gasteiger partial charge is 0.309 e. The van der Waals surface area contributed by atoms with Gasteiger partial charge in [-0.05, 0) is 100 Å². The van der Waals surface area contributed by atoms with Crippen molar-refractivity contribution in [3.8, 4) is 61.7 Å². The number of hydrogen-bond acceptors (Lipinski definition) is 3. The van der Waals surface area contributed by atoms with Crippen LogP contribution in [0.2, 0.25) is 0 Å². The summed E-state index contributed by atoms with van der Waals surface area (Å²) in [6, 6.07) is 57.6. The van der Waals surface area contributed by atoms with E-state index in [9.17, 15) is 0 Å². The number of hydrogen-bond donors (Lipinski definition) is 0. The quantitative estimate of drug-likeness (QED) is 0.184. The summed E-state index contributed by atoms with van der Waals surface area (Å²) in [4.78, 5) is 14.4. The summed E-state index contributed by atoms with van der Waals surface area (Å²) >= 11 is 0. The highest BCUT2D eigenvalue weighted by Gasteiger charge is 2.15. The van der Waals surface area contributed by atoms with Gasteiger partial charge < -0.3 is 4.57 Å². The molecule has 230 valence electrons. The molecule has 0 spiro atoms. The first-order chi connectivity index (χ1) is 24.3. The van der Waals surface area contributed by atoms with Crippen molar-refractivity contribution >= 4 is 21.8 Å². The van der Waals surface area contributed by atoms with E-state index in [-0.39, 0.29) is 0 Å². The minimum Gasteiger partial charge on any atom is -0.309 e. The summed E-state index contributed by atoms with van der Waals surface area (Å²) in [5, 5.41) is 2.33.